The molecule has 1 N–H and O–H groups in total. The van der Waals surface area contributed by atoms with E-state index in [4.69, 9.17) is 9.57 Å². The van der Waals surface area contributed by atoms with Crippen molar-refractivity contribution in [1.29, 1.82) is 0 Å². The number of hydrogen-bond acceptors (Lipinski definition) is 3. The van der Waals surface area contributed by atoms with Crippen LogP contribution in [0.1, 0.15) is 40.5 Å². The highest BCUT2D eigenvalue weighted by Crippen LogP contribution is 2.23. The van der Waals surface area contributed by atoms with Crippen LogP contribution in [0.4, 0.5) is 0 Å². The second-order valence-electron chi connectivity index (χ2n) is 4.58. The predicted octanol–water partition coefficient (Wildman–Crippen LogP) is 1.87. The highest BCUT2D eigenvalue weighted by atomic mass is 16.7. The van der Waals surface area contributed by atoms with Crippen molar-refractivity contribution in [1.82, 2.24) is 5.48 Å². The average molecular weight is 187 g/mol. The Morgan fingerprint density at radius 1 is 1.46 bits per heavy atom. The molecule has 3 nitrogen and oxygen atoms in total. The topological polar surface area (TPSA) is 30.5 Å². The summed E-state index contributed by atoms with van der Waals surface area (Å²) in [7, 11) is 0. The Hall–Kier alpha value is -0.120. The van der Waals surface area contributed by atoms with Crippen LogP contribution in [0.25, 0.3) is 0 Å². The second-order valence-corrected chi connectivity index (χ2v) is 4.58. The van der Waals surface area contributed by atoms with Crippen molar-refractivity contribution in [2.24, 2.45) is 0 Å². The van der Waals surface area contributed by atoms with E-state index in [0.29, 0.717) is 6.04 Å². The molecule has 13 heavy (non-hydrogen) atoms. The van der Waals surface area contributed by atoms with Gasteiger partial charge in [0.1, 0.15) is 0 Å². The number of hydrogen-bond donors (Lipinski definition) is 1. The van der Waals surface area contributed by atoms with Gasteiger partial charge in [0.2, 0.25) is 0 Å². The Balaban J connectivity index is 2.26. The minimum absolute atomic E-state index is 0.00371. The van der Waals surface area contributed by atoms with Crippen LogP contribution in [0.15, 0.2) is 0 Å². The van der Waals surface area contributed by atoms with E-state index in [-0.39, 0.29) is 11.7 Å². The molecule has 1 rings (SSSR count). The largest absolute Gasteiger partial charge is 0.375 e. The molecule has 3 heteroatoms. The molecular weight excluding hydrogens is 166 g/mol. The van der Waals surface area contributed by atoms with Crippen molar-refractivity contribution < 1.29 is 9.57 Å². The zero-order chi connectivity index (χ0) is 9.90. The normalized spacial score (nSPS) is 27.9. The maximum absolute atomic E-state index is 5.61. The number of rotatable bonds is 3. The van der Waals surface area contributed by atoms with Gasteiger partial charge in [0.05, 0.1) is 11.7 Å². The zero-order valence-electron chi connectivity index (χ0n) is 9.09. The van der Waals surface area contributed by atoms with E-state index in [1.54, 1.807) is 0 Å². The second kappa shape index (κ2) is 4.40. The Morgan fingerprint density at radius 2 is 2.15 bits per heavy atom. The van der Waals surface area contributed by atoms with Crippen LogP contribution in [-0.2, 0) is 9.57 Å². The van der Waals surface area contributed by atoms with E-state index < -0.39 is 0 Å². The first kappa shape index (κ1) is 11.0. The fraction of sp³-hybridized carbons (Fsp3) is 1.00. The molecule has 1 saturated heterocycles. The summed E-state index contributed by atoms with van der Waals surface area (Å²) >= 11 is 0. The van der Waals surface area contributed by atoms with E-state index in [2.05, 4.69) is 19.3 Å². The quantitative estimate of drug-likeness (QED) is 0.684. The Labute approximate surface area is 80.7 Å². The molecule has 1 aliphatic rings. The molecule has 1 fully saturated rings. The van der Waals surface area contributed by atoms with Crippen LogP contribution in [0.5, 0.6) is 0 Å². The lowest BCUT2D eigenvalue weighted by Gasteiger charge is -2.35. The molecule has 1 atom stereocenters. The summed E-state index contributed by atoms with van der Waals surface area (Å²) < 4.78 is 5.61. The monoisotopic (exact) mass is 187 g/mol. The van der Waals surface area contributed by atoms with Gasteiger partial charge in [-0.1, -0.05) is 0 Å². The lowest BCUT2D eigenvalue weighted by molar-refractivity contribution is -0.104. The number of ether oxygens (including phenoxy) is 1. The molecule has 0 radical (unpaired) electrons. The summed E-state index contributed by atoms with van der Waals surface area (Å²) in [6, 6.07) is 0.436. The van der Waals surface area contributed by atoms with Crippen LogP contribution in [0, 0.1) is 0 Å². The van der Waals surface area contributed by atoms with Crippen LogP contribution >= 0.6 is 0 Å². The van der Waals surface area contributed by atoms with Crippen molar-refractivity contribution in [3.8, 4) is 0 Å². The first-order valence-electron chi connectivity index (χ1n) is 5.05. The van der Waals surface area contributed by atoms with Gasteiger partial charge in [-0.3, -0.25) is 4.84 Å². The molecule has 0 saturated carbocycles. The van der Waals surface area contributed by atoms with Crippen LogP contribution < -0.4 is 5.48 Å². The summed E-state index contributed by atoms with van der Waals surface area (Å²) in [5.74, 6) is 0. The van der Waals surface area contributed by atoms with Crippen molar-refractivity contribution in [2.75, 3.05) is 6.61 Å². The molecule has 0 aromatic rings. The standard InChI is InChI=1S/C10H21NO2/c1-8(2)13-11-9-5-6-12-10(3,4)7-9/h8-9,11H,5-7H2,1-4H3. The molecular formula is C10H21NO2. The molecule has 0 amide bonds. The van der Waals surface area contributed by atoms with Gasteiger partial charge in [-0.05, 0) is 40.5 Å². The van der Waals surface area contributed by atoms with E-state index in [9.17, 15) is 0 Å². The van der Waals surface area contributed by atoms with E-state index in [1.807, 2.05) is 13.8 Å². The van der Waals surface area contributed by atoms with Crippen molar-refractivity contribution >= 4 is 0 Å². The summed E-state index contributed by atoms with van der Waals surface area (Å²) in [4.78, 5) is 5.37. The third-order valence-electron chi connectivity index (χ3n) is 2.17. The van der Waals surface area contributed by atoms with Crippen LogP contribution in [0.3, 0.4) is 0 Å². The van der Waals surface area contributed by atoms with Gasteiger partial charge in [0, 0.05) is 12.6 Å². The van der Waals surface area contributed by atoms with E-state index >= 15 is 0 Å². The van der Waals surface area contributed by atoms with Gasteiger partial charge in [0.25, 0.3) is 0 Å². The summed E-state index contributed by atoms with van der Waals surface area (Å²) in [5, 5.41) is 0. The smallest absolute Gasteiger partial charge is 0.0734 e. The van der Waals surface area contributed by atoms with Gasteiger partial charge in [-0.15, -0.1) is 0 Å². The molecule has 78 valence electrons. The number of nitrogens with one attached hydrogen (secondary N) is 1. The average Bonchev–Trinajstić information content (AvgIpc) is 1.99. The minimum atomic E-state index is -0.00371. The Kier molecular flexibility index (Phi) is 3.71. The molecule has 0 aromatic heterocycles. The minimum Gasteiger partial charge on any atom is -0.375 e. The van der Waals surface area contributed by atoms with Crippen molar-refractivity contribution in [2.45, 2.75) is 58.3 Å². The molecule has 0 aromatic carbocycles. The molecule has 1 heterocycles. The molecule has 1 aliphatic heterocycles. The van der Waals surface area contributed by atoms with Gasteiger partial charge in [-0.2, -0.15) is 5.48 Å². The van der Waals surface area contributed by atoms with Crippen molar-refractivity contribution in [3.05, 3.63) is 0 Å². The van der Waals surface area contributed by atoms with Gasteiger partial charge in [-0.25, -0.2) is 0 Å². The van der Waals surface area contributed by atoms with E-state index in [0.717, 1.165) is 19.4 Å². The maximum atomic E-state index is 5.61. The highest BCUT2D eigenvalue weighted by Gasteiger charge is 2.28. The van der Waals surface area contributed by atoms with Gasteiger partial charge >= 0.3 is 0 Å². The van der Waals surface area contributed by atoms with Gasteiger partial charge < -0.3 is 4.74 Å². The third-order valence-corrected chi connectivity index (χ3v) is 2.17. The fourth-order valence-corrected chi connectivity index (χ4v) is 1.56. The summed E-state index contributed by atoms with van der Waals surface area (Å²) in [5.41, 5.74) is 3.09. The van der Waals surface area contributed by atoms with Crippen molar-refractivity contribution in [3.63, 3.8) is 0 Å². The van der Waals surface area contributed by atoms with E-state index in [1.165, 1.54) is 0 Å². The zero-order valence-corrected chi connectivity index (χ0v) is 9.09. The summed E-state index contributed by atoms with van der Waals surface area (Å²) in [6.07, 6.45) is 2.29. The lowest BCUT2D eigenvalue weighted by Crippen LogP contribution is -2.44. The van der Waals surface area contributed by atoms with Crippen LogP contribution in [0.2, 0.25) is 0 Å². The SMILES string of the molecule is CC(C)ONC1CCOC(C)(C)C1. The van der Waals surface area contributed by atoms with Crippen LogP contribution in [-0.4, -0.2) is 24.4 Å². The summed E-state index contributed by atoms with van der Waals surface area (Å²) in [6.45, 7) is 9.12. The first-order chi connectivity index (χ1) is 5.99. The highest BCUT2D eigenvalue weighted by molar-refractivity contribution is 4.81. The Morgan fingerprint density at radius 3 is 2.69 bits per heavy atom. The maximum Gasteiger partial charge on any atom is 0.0734 e. The third kappa shape index (κ3) is 4.07. The van der Waals surface area contributed by atoms with Gasteiger partial charge in [0.15, 0.2) is 0 Å². The first-order valence-corrected chi connectivity index (χ1v) is 5.05. The molecule has 1 unspecified atom stereocenters. The Bertz CT molecular complexity index is 157. The predicted molar refractivity (Wildman–Crippen MR) is 52.4 cm³/mol. The molecule has 0 aliphatic carbocycles. The fourth-order valence-electron chi connectivity index (χ4n) is 1.56. The number of hydroxylamine groups is 1. The molecule has 0 bridgehead atoms. The lowest BCUT2D eigenvalue weighted by atomic mass is 9.95. The molecule has 0 spiro atoms.